The molecule has 1 rings (SSSR count). The number of nitrogens with one attached hydrogen (secondary N) is 1. The van der Waals surface area contributed by atoms with Gasteiger partial charge in [0.05, 0.1) is 6.61 Å². The Balaban J connectivity index is 2.40. The van der Waals surface area contributed by atoms with E-state index in [-0.39, 0.29) is 6.61 Å². The van der Waals surface area contributed by atoms with Gasteiger partial charge in [-0.2, -0.15) is 0 Å². The standard InChI is InChI=1S/C15H24BrNO3/c1-3-4-7-19-10-14(18)11-20-15-6-5-13(16)8-12(15)9-17-2/h5-6,8,14,17-18H,3-4,7,9-11H2,1-2H3. The van der Waals surface area contributed by atoms with E-state index in [1.165, 1.54) is 0 Å². The zero-order chi connectivity index (χ0) is 14.8. The van der Waals surface area contributed by atoms with Gasteiger partial charge in [0.1, 0.15) is 18.5 Å². The number of rotatable bonds is 10. The molecular formula is C15H24BrNO3. The Morgan fingerprint density at radius 3 is 2.85 bits per heavy atom. The third-order valence-electron chi connectivity index (χ3n) is 2.77. The molecule has 0 radical (unpaired) electrons. The van der Waals surface area contributed by atoms with Crippen molar-refractivity contribution in [3.63, 3.8) is 0 Å². The lowest BCUT2D eigenvalue weighted by Crippen LogP contribution is -2.24. The van der Waals surface area contributed by atoms with Crippen LogP contribution in [0.3, 0.4) is 0 Å². The van der Waals surface area contributed by atoms with Crippen LogP contribution in [-0.2, 0) is 11.3 Å². The number of hydrogen-bond donors (Lipinski definition) is 2. The predicted molar refractivity (Wildman–Crippen MR) is 84.1 cm³/mol. The summed E-state index contributed by atoms with van der Waals surface area (Å²) in [5.74, 6) is 0.787. The molecular weight excluding hydrogens is 322 g/mol. The molecule has 1 aromatic rings. The summed E-state index contributed by atoms with van der Waals surface area (Å²) in [7, 11) is 1.89. The van der Waals surface area contributed by atoms with Gasteiger partial charge in [-0.15, -0.1) is 0 Å². The van der Waals surface area contributed by atoms with Crippen LogP contribution in [0.25, 0.3) is 0 Å². The van der Waals surface area contributed by atoms with Gasteiger partial charge in [0, 0.05) is 23.2 Å². The predicted octanol–water partition coefficient (Wildman–Crippen LogP) is 2.72. The Labute approximate surface area is 129 Å². The number of aliphatic hydroxyl groups excluding tert-OH is 1. The van der Waals surface area contributed by atoms with Crippen molar-refractivity contribution in [2.75, 3.05) is 26.9 Å². The Morgan fingerprint density at radius 1 is 1.35 bits per heavy atom. The van der Waals surface area contributed by atoms with Crippen LogP contribution in [0.5, 0.6) is 5.75 Å². The van der Waals surface area contributed by atoms with Crippen molar-refractivity contribution in [1.82, 2.24) is 5.32 Å². The Morgan fingerprint density at radius 2 is 2.15 bits per heavy atom. The number of hydrogen-bond acceptors (Lipinski definition) is 4. The average Bonchev–Trinajstić information content (AvgIpc) is 2.43. The maximum atomic E-state index is 9.81. The van der Waals surface area contributed by atoms with E-state index in [1.807, 2.05) is 25.2 Å². The van der Waals surface area contributed by atoms with E-state index < -0.39 is 6.10 Å². The number of unbranched alkanes of at least 4 members (excludes halogenated alkanes) is 1. The summed E-state index contributed by atoms with van der Waals surface area (Å²) in [6.07, 6.45) is 1.52. The van der Waals surface area contributed by atoms with Crippen molar-refractivity contribution in [2.24, 2.45) is 0 Å². The third kappa shape index (κ3) is 6.70. The highest BCUT2D eigenvalue weighted by molar-refractivity contribution is 9.10. The summed E-state index contributed by atoms with van der Waals surface area (Å²) in [5, 5.41) is 12.9. The number of halogens is 1. The van der Waals surface area contributed by atoms with E-state index in [4.69, 9.17) is 9.47 Å². The van der Waals surface area contributed by atoms with Gasteiger partial charge < -0.3 is 19.9 Å². The van der Waals surface area contributed by atoms with Crippen LogP contribution in [0, 0.1) is 0 Å². The lowest BCUT2D eigenvalue weighted by molar-refractivity contribution is 0.0111. The molecule has 0 saturated carbocycles. The molecule has 0 aliphatic carbocycles. The van der Waals surface area contributed by atoms with Gasteiger partial charge in [0.25, 0.3) is 0 Å². The highest BCUT2D eigenvalue weighted by Crippen LogP contribution is 2.23. The van der Waals surface area contributed by atoms with Gasteiger partial charge in [0.2, 0.25) is 0 Å². The molecule has 0 spiro atoms. The molecule has 1 atom stereocenters. The topological polar surface area (TPSA) is 50.7 Å². The van der Waals surface area contributed by atoms with Crippen molar-refractivity contribution in [3.8, 4) is 5.75 Å². The van der Waals surface area contributed by atoms with Crippen LogP contribution in [0.1, 0.15) is 25.3 Å². The molecule has 20 heavy (non-hydrogen) atoms. The van der Waals surface area contributed by atoms with E-state index >= 15 is 0 Å². The monoisotopic (exact) mass is 345 g/mol. The first-order chi connectivity index (χ1) is 9.67. The van der Waals surface area contributed by atoms with E-state index in [1.54, 1.807) is 0 Å². The number of benzene rings is 1. The van der Waals surface area contributed by atoms with Gasteiger partial charge in [0.15, 0.2) is 0 Å². The fourth-order valence-corrected chi connectivity index (χ4v) is 2.13. The molecule has 1 aromatic carbocycles. The van der Waals surface area contributed by atoms with Gasteiger partial charge in [-0.05, 0) is 31.7 Å². The van der Waals surface area contributed by atoms with Crippen LogP contribution >= 0.6 is 15.9 Å². The van der Waals surface area contributed by atoms with Crippen molar-refractivity contribution in [3.05, 3.63) is 28.2 Å². The molecule has 5 heteroatoms. The molecule has 2 N–H and O–H groups in total. The summed E-state index contributed by atoms with van der Waals surface area (Å²) < 4.78 is 12.1. The Bertz CT molecular complexity index is 387. The molecule has 0 heterocycles. The zero-order valence-electron chi connectivity index (χ0n) is 12.2. The van der Waals surface area contributed by atoms with E-state index in [9.17, 15) is 5.11 Å². The largest absolute Gasteiger partial charge is 0.490 e. The van der Waals surface area contributed by atoms with E-state index in [2.05, 4.69) is 28.2 Å². The number of ether oxygens (including phenoxy) is 2. The van der Waals surface area contributed by atoms with Gasteiger partial charge in [-0.25, -0.2) is 0 Å². The molecule has 0 bridgehead atoms. The summed E-state index contributed by atoms with van der Waals surface area (Å²) >= 11 is 3.44. The fraction of sp³-hybridized carbons (Fsp3) is 0.600. The normalized spacial score (nSPS) is 12.4. The molecule has 0 saturated heterocycles. The second-order valence-corrected chi connectivity index (χ2v) is 5.59. The molecule has 1 unspecified atom stereocenters. The summed E-state index contributed by atoms with van der Waals surface area (Å²) in [6.45, 7) is 4.08. The second kappa shape index (κ2) is 10.2. The number of aliphatic hydroxyl groups is 1. The summed E-state index contributed by atoms with van der Waals surface area (Å²) in [6, 6.07) is 5.84. The highest BCUT2D eigenvalue weighted by atomic mass is 79.9. The summed E-state index contributed by atoms with van der Waals surface area (Å²) in [4.78, 5) is 0. The molecule has 0 aliphatic heterocycles. The first kappa shape index (κ1) is 17.4. The van der Waals surface area contributed by atoms with E-state index in [0.29, 0.717) is 13.2 Å². The lowest BCUT2D eigenvalue weighted by atomic mass is 10.2. The van der Waals surface area contributed by atoms with Crippen LogP contribution in [-0.4, -0.2) is 38.1 Å². The van der Waals surface area contributed by atoms with Crippen molar-refractivity contribution in [2.45, 2.75) is 32.4 Å². The fourth-order valence-electron chi connectivity index (χ4n) is 1.72. The minimum absolute atomic E-state index is 0.241. The van der Waals surface area contributed by atoms with Gasteiger partial charge in [-0.1, -0.05) is 29.3 Å². The lowest BCUT2D eigenvalue weighted by Gasteiger charge is -2.15. The van der Waals surface area contributed by atoms with Crippen LogP contribution in [0.15, 0.2) is 22.7 Å². The SMILES string of the molecule is CCCCOCC(O)COc1ccc(Br)cc1CNC. The van der Waals surface area contributed by atoms with E-state index in [0.717, 1.165) is 35.2 Å². The van der Waals surface area contributed by atoms with Crippen molar-refractivity contribution < 1.29 is 14.6 Å². The minimum atomic E-state index is -0.599. The molecule has 0 amide bonds. The maximum absolute atomic E-state index is 9.81. The minimum Gasteiger partial charge on any atom is -0.490 e. The molecule has 0 aliphatic rings. The van der Waals surface area contributed by atoms with Crippen LogP contribution in [0.4, 0.5) is 0 Å². The Kier molecular flexibility index (Phi) is 8.85. The summed E-state index contributed by atoms with van der Waals surface area (Å²) in [5.41, 5.74) is 1.06. The second-order valence-electron chi connectivity index (χ2n) is 4.68. The highest BCUT2D eigenvalue weighted by Gasteiger charge is 2.08. The molecule has 0 fully saturated rings. The van der Waals surface area contributed by atoms with Crippen molar-refractivity contribution >= 4 is 15.9 Å². The van der Waals surface area contributed by atoms with Crippen LogP contribution < -0.4 is 10.1 Å². The van der Waals surface area contributed by atoms with Gasteiger partial charge >= 0.3 is 0 Å². The molecule has 0 aromatic heterocycles. The maximum Gasteiger partial charge on any atom is 0.124 e. The third-order valence-corrected chi connectivity index (χ3v) is 3.27. The smallest absolute Gasteiger partial charge is 0.124 e. The average molecular weight is 346 g/mol. The first-order valence-corrected chi connectivity index (χ1v) is 7.78. The first-order valence-electron chi connectivity index (χ1n) is 6.99. The van der Waals surface area contributed by atoms with Crippen molar-refractivity contribution in [1.29, 1.82) is 0 Å². The quantitative estimate of drug-likeness (QED) is 0.640. The Hall–Kier alpha value is -0.620. The van der Waals surface area contributed by atoms with Gasteiger partial charge in [-0.3, -0.25) is 0 Å². The molecule has 114 valence electrons. The molecule has 4 nitrogen and oxygen atoms in total. The zero-order valence-corrected chi connectivity index (χ0v) is 13.8. The van der Waals surface area contributed by atoms with Crippen LogP contribution in [0.2, 0.25) is 0 Å².